The summed E-state index contributed by atoms with van der Waals surface area (Å²) in [5.74, 6) is -0.414. The summed E-state index contributed by atoms with van der Waals surface area (Å²) in [7, 11) is 0. The topological polar surface area (TPSA) is 65.3 Å². The van der Waals surface area contributed by atoms with Gasteiger partial charge in [-0.3, -0.25) is 15.1 Å². The van der Waals surface area contributed by atoms with Crippen molar-refractivity contribution in [1.29, 1.82) is 0 Å². The molecule has 1 aromatic heterocycles. The first-order chi connectivity index (χ1) is 10.6. The largest absolute Gasteiger partial charge is 0.449 e. The summed E-state index contributed by atoms with van der Waals surface area (Å²) >= 11 is 6.06. The maximum atomic E-state index is 13.2. The van der Waals surface area contributed by atoms with Gasteiger partial charge in [0.1, 0.15) is 11.6 Å². The SMILES string of the molecule is O=[N+]([O-])c1cc(F)ccc1Oc1ccnc2c(Cl)cccc12. The minimum atomic E-state index is -0.707. The molecule has 22 heavy (non-hydrogen) atoms. The van der Waals surface area contributed by atoms with E-state index < -0.39 is 16.4 Å². The van der Waals surface area contributed by atoms with E-state index in [2.05, 4.69) is 4.98 Å². The molecule has 110 valence electrons. The van der Waals surface area contributed by atoms with Crippen LogP contribution >= 0.6 is 11.6 Å². The molecular formula is C15H8ClFN2O3. The Kier molecular flexibility index (Phi) is 3.60. The number of fused-ring (bicyclic) bond motifs is 1. The van der Waals surface area contributed by atoms with Crippen LogP contribution in [0.2, 0.25) is 5.02 Å². The van der Waals surface area contributed by atoms with Crippen molar-refractivity contribution in [3.8, 4) is 11.5 Å². The molecule has 0 N–H and O–H groups in total. The highest BCUT2D eigenvalue weighted by Crippen LogP contribution is 2.36. The van der Waals surface area contributed by atoms with Crippen LogP contribution in [0, 0.1) is 15.9 Å². The minimum Gasteiger partial charge on any atom is -0.449 e. The zero-order chi connectivity index (χ0) is 15.7. The van der Waals surface area contributed by atoms with Crippen LogP contribution in [0.4, 0.5) is 10.1 Å². The second-order valence-corrected chi connectivity index (χ2v) is 4.82. The lowest BCUT2D eigenvalue weighted by atomic mass is 10.2. The summed E-state index contributed by atoms with van der Waals surface area (Å²) in [6.07, 6.45) is 1.49. The van der Waals surface area contributed by atoms with E-state index in [0.29, 0.717) is 21.7 Å². The van der Waals surface area contributed by atoms with Gasteiger partial charge < -0.3 is 4.74 Å². The molecule has 5 nitrogen and oxygen atoms in total. The first-order valence-corrected chi connectivity index (χ1v) is 6.59. The maximum Gasteiger partial charge on any atom is 0.314 e. The van der Waals surface area contributed by atoms with Crippen molar-refractivity contribution in [2.24, 2.45) is 0 Å². The number of aromatic nitrogens is 1. The number of ether oxygens (including phenoxy) is 1. The van der Waals surface area contributed by atoms with Crippen LogP contribution in [-0.2, 0) is 0 Å². The smallest absolute Gasteiger partial charge is 0.314 e. The molecule has 0 aliphatic carbocycles. The molecule has 2 aromatic carbocycles. The Morgan fingerprint density at radius 3 is 2.77 bits per heavy atom. The second kappa shape index (κ2) is 5.57. The van der Waals surface area contributed by atoms with Crippen LogP contribution in [0.5, 0.6) is 11.5 Å². The van der Waals surface area contributed by atoms with Gasteiger partial charge >= 0.3 is 5.69 Å². The van der Waals surface area contributed by atoms with Gasteiger partial charge in [-0.1, -0.05) is 17.7 Å². The fourth-order valence-corrected chi connectivity index (χ4v) is 2.26. The van der Waals surface area contributed by atoms with Gasteiger partial charge in [0.2, 0.25) is 5.75 Å². The van der Waals surface area contributed by atoms with Crippen molar-refractivity contribution in [3.05, 3.63) is 69.6 Å². The molecule has 0 amide bonds. The lowest BCUT2D eigenvalue weighted by Crippen LogP contribution is -1.95. The summed E-state index contributed by atoms with van der Waals surface area (Å²) in [5, 5.41) is 12.1. The van der Waals surface area contributed by atoms with Gasteiger partial charge in [-0.2, -0.15) is 0 Å². The Bertz CT molecular complexity index is 886. The molecule has 7 heteroatoms. The van der Waals surface area contributed by atoms with Crippen LogP contribution in [0.3, 0.4) is 0 Å². The Morgan fingerprint density at radius 2 is 2.00 bits per heavy atom. The maximum absolute atomic E-state index is 13.2. The van der Waals surface area contributed by atoms with Gasteiger partial charge in [-0.15, -0.1) is 0 Å². The van der Waals surface area contributed by atoms with Crippen LogP contribution in [0.15, 0.2) is 48.7 Å². The fourth-order valence-electron chi connectivity index (χ4n) is 2.04. The van der Waals surface area contributed by atoms with Crippen molar-refractivity contribution in [1.82, 2.24) is 4.98 Å². The van der Waals surface area contributed by atoms with E-state index in [9.17, 15) is 14.5 Å². The molecule has 0 saturated carbocycles. The molecule has 3 rings (SSSR count). The predicted octanol–water partition coefficient (Wildman–Crippen LogP) is 4.73. The van der Waals surface area contributed by atoms with Gasteiger partial charge in [0.25, 0.3) is 0 Å². The fraction of sp³-hybridized carbons (Fsp3) is 0. The quantitative estimate of drug-likeness (QED) is 0.517. The van der Waals surface area contributed by atoms with E-state index in [0.717, 1.165) is 12.1 Å². The number of nitro benzene ring substituents is 1. The van der Waals surface area contributed by atoms with Crippen molar-refractivity contribution in [2.45, 2.75) is 0 Å². The lowest BCUT2D eigenvalue weighted by molar-refractivity contribution is -0.385. The zero-order valence-corrected chi connectivity index (χ0v) is 11.7. The number of nitrogens with zero attached hydrogens (tertiary/aromatic N) is 2. The van der Waals surface area contributed by atoms with E-state index in [1.54, 1.807) is 24.3 Å². The minimum absolute atomic E-state index is 0.0566. The summed E-state index contributed by atoms with van der Waals surface area (Å²) < 4.78 is 18.8. The third-order valence-electron chi connectivity index (χ3n) is 3.02. The summed E-state index contributed by atoms with van der Waals surface area (Å²) in [6.45, 7) is 0. The molecule has 0 aliphatic heterocycles. The van der Waals surface area contributed by atoms with Gasteiger partial charge in [0, 0.05) is 11.6 Å². The van der Waals surface area contributed by atoms with E-state index in [-0.39, 0.29) is 5.75 Å². The number of hydrogen-bond acceptors (Lipinski definition) is 4. The highest BCUT2D eigenvalue weighted by molar-refractivity contribution is 6.35. The molecule has 0 fully saturated rings. The van der Waals surface area contributed by atoms with E-state index >= 15 is 0 Å². The number of halogens is 2. The molecule has 0 bridgehead atoms. The summed E-state index contributed by atoms with van der Waals surface area (Å²) in [6, 6.07) is 9.82. The monoisotopic (exact) mass is 318 g/mol. The van der Waals surface area contributed by atoms with Crippen molar-refractivity contribution in [2.75, 3.05) is 0 Å². The normalized spacial score (nSPS) is 10.6. The van der Waals surface area contributed by atoms with Gasteiger partial charge in [0.15, 0.2) is 0 Å². The molecule has 0 radical (unpaired) electrons. The number of hydrogen-bond donors (Lipinski definition) is 0. The van der Waals surface area contributed by atoms with Crippen LogP contribution < -0.4 is 4.74 Å². The van der Waals surface area contributed by atoms with Gasteiger partial charge in [0.05, 0.1) is 21.5 Å². The second-order valence-electron chi connectivity index (χ2n) is 4.42. The highest BCUT2D eigenvalue weighted by Gasteiger charge is 2.18. The Labute approximate surface area is 129 Å². The van der Waals surface area contributed by atoms with Crippen LogP contribution in [0.25, 0.3) is 10.9 Å². The Hall–Kier alpha value is -2.73. The van der Waals surface area contributed by atoms with Gasteiger partial charge in [-0.25, -0.2) is 4.39 Å². The molecule has 0 spiro atoms. The van der Waals surface area contributed by atoms with Crippen molar-refractivity contribution in [3.63, 3.8) is 0 Å². The zero-order valence-electron chi connectivity index (χ0n) is 11.0. The summed E-state index contributed by atoms with van der Waals surface area (Å²) in [4.78, 5) is 14.5. The third kappa shape index (κ3) is 2.56. The number of rotatable bonds is 3. The number of pyridine rings is 1. The standard InChI is InChI=1S/C15H8ClFN2O3/c16-11-3-1-2-10-13(6-7-18-15(10)11)22-14-5-4-9(17)8-12(14)19(20)21/h1-8H. The third-order valence-corrected chi connectivity index (χ3v) is 3.32. The Balaban J connectivity index is 2.12. The number of nitro groups is 1. The molecule has 0 aliphatic rings. The first-order valence-electron chi connectivity index (χ1n) is 6.21. The first kappa shape index (κ1) is 14.2. The van der Waals surface area contributed by atoms with E-state index in [1.807, 2.05) is 0 Å². The molecule has 1 heterocycles. The number of para-hydroxylation sites is 1. The average molecular weight is 319 g/mol. The van der Waals surface area contributed by atoms with Crippen LogP contribution in [-0.4, -0.2) is 9.91 Å². The molecule has 0 unspecified atom stereocenters. The average Bonchev–Trinajstić information content (AvgIpc) is 2.50. The molecule has 0 saturated heterocycles. The van der Waals surface area contributed by atoms with E-state index in [1.165, 1.54) is 12.3 Å². The van der Waals surface area contributed by atoms with Crippen molar-refractivity contribution < 1.29 is 14.1 Å². The number of benzene rings is 2. The molecular weight excluding hydrogens is 311 g/mol. The van der Waals surface area contributed by atoms with E-state index in [4.69, 9.17) is 16.3 Å². The highest BCUT2D eigenvalue weighted by atomic mass is 35.5. The summed E-state index contributed by atoms with van der Waals surface area (Å²) in [5.41, 5.74) is 0.0680. The predicted molar refractivity (Wildman–Crippen MR) is 79.9 cm³/mol. The van der Waals surface area contributed by atoms with Crippen molar-refractivity contribution >= 4 is 28.2 Å². The van der Waals surface area contributed by atoms with Crippen LogP contribution in [0.1, 0.15) is 0 Å². The Morgan fingerprint density at radius 1 is 1.18 bits per heavy atom. The lowest BCUT2D eigenvalue weighted by Gasteiger charge is -2.09. The van der Waals surface area contributed by atoms with Gasteiger partial charge in [-0.05, 0) is 30.3 Å². The molecule has 0 atom stereocenters. The molecule has 3 aromatic rings.